The number of esters is 2. The average molecular weight is 330 g/mol. The fourth-order valence-corrected chi connectivity index (χ4v) is 4.59. The van der Waals surface area contributed by atoms with Crippen molar-refractivity contribution in [3.05, 3.63) is 34.4 Å². The largest absolute Gasteiger partial charge is 0.389 e. The molecule has 5 nitrogen and oxygen atoms in total. The lowest BCUT2D eigenvalue weighted by Crippen LogP contribution is -2.38. The van der Waals surface area contributed by atoms with Gasteiger partial charge in [-0.1, -0.05) is 32.9 Å². The van der Waals surface area contributed by atoms with Crippen molar-refractivity contribution >= 4 is 11.9 Å². The van der Waals surface area contributed by atoms with Gasteiger partial charge < -0.3 is 14.6 Å². The Labute approximate surface area is 141 Å². The summed E-state index contributed by atoms with van der Waals surface area (Å²) in [4.78, 5) is 25.1. The molecule has 0 spiro atoms. The van der Waals surface area contributed by atoms with Crippen molar-refractivity contribution in [3.8, 4) is 0 Å². The van der Waals surface area contributed by atoms with Crippen LogP contribution in [0.5, 0.6) is 0 Å². The van der Waals surface area contributed by atoms with Gasteiger partial charge in [-0.25, -0.2) is 4.79 Å². The van der Waals surface area contributed by atoms with E-state index in [-0.39, 0.29) is 17.9 Å². The lowest BCUT2D eigenvalue weighted by atomic mass is 9.70. The molecule has 2 aliphatic heterocycles. The number of benzene rings is 1. The van der Waals surface area contributed by atoms with E-state index in [1.54, 1.807) is 6.07 Å². The molecule has 128 valence electrons. The molecule has 0 unspecified atom stereocenters. The highest BCUT2D eigenvalue weighted by atomic mass is 16.6. The maximum absolute atomic E-state index is 12.7. The molecule has 4 rings (SSSR count). The number of carbonyl (C=O) groups is 2. The summed E-state index contributed by atoms with van der Waals surface area (Å²) in [6.45, 7) is 6.37. The van der Waals surface area contributed by atoms with Crippen LogP contribution >= 0.6 is 0 Å². The van der Waals surface area contributed by atoms with E-state index >= 15 is 0 Å². The van der Waals surface area contributed by atoms with E-state index in [2.05, 4.69) is 13.8 Å². The minimum atomic E-state index is -1.78. The van der Waals surface area contributed by atoms with Crippen LogP contribution in [-0.2, 0) is 31.9 Å². The first-order chi connectivity index (χ1) is 11.3. The molecule has 1 N–H and O–H groups in total. The molecule has 0 radical (unpaired) electrons. The molecule has 3 aliphatic rings. The summed E-state index contributed by atoms with van der Waals surface area (Å²) >= 11 is 0. The summed E-state index contributed by atoms with van der Waals surface area (Å²) in [6.07, 6.45) is 2.73. The van der Waals surface area contributed by atoms with Crippen LogP contribution in [0.15, 0.2) is 12.1 Å². The molecule has 0 aromatic heterocycles. The number of cyclic esters (lactones) is 2. The van der Waals surface area contributed by atoms with Gasteiger partial charge in [-0.2, -0.15) is 0 Å². The molecule has 0 saturated carbocycles. The van der Waals surface area contributed by atoms with Crippen LogP contribution in [0.4, 0.5) is 0 Å². The van der Waals surface area contributed by atoms with Gasteiger partial charge in [-0.05, 0) is 41.7 Å². The van der Waals surface area contributed by atoms with Crippen LogP contribution in [-0.4, -0.2) is 23.7 Å². The molecular formula is C19H22O5. The van der Waals surface area contributed by atoms with Gasteiger partial charge in [-0.15, -0.1) is 0 Å². The van der Waals surface area contributed by atoms with Gasteiger partial charge >= 0.3 is 11.9 Å². The van der Waals surface area contributed by atoms with Gasteiger partial charge in [0.15, 0.2) is 0 Å². The Balaban J connectivity index is 1.99. The minimum Gasteiger partial charge on any atom is -0.389 e. The van der Waals surface area contributed by atoms with Gasteiger partial charge in [-0.3, -0.25) is 4.79 Å². The summed E-state index contributed by atoms with van der Waals surface area (Å²) in [7, 11) is 0. The summed E-state index contributed by atoms with van der Waals surface area (Å²) in [5.74, 6) is -4.24. The van der Waals surface area contributed by atoms with Gasteiger partial charge in [0, 0.05) is 5.56 Å². The molecule has 1 fully saturated rings. The summed E-state index contributed by atoms with van der Waals surface area (Å²) in [5, 5.41) is 11.2. The Kier molecular flexibility index (Phi) is 3.22. The SMILES string of the molecule is C[C@H]1CO[C@@]2(O)c3ccc4c(c3C(=O)OC(=O)[C@H]12)CCCC4(C)C. The summed E-state index contributed by atoms with van der Waals surface area (Å²) < 4.78 is 10.7. The van der Waals surface area contributed by atoms with Crippen molar-refractivity contribution < 1.29 is 24.2 Å². The highest BCUT2D eigenvalue weighted by molar-refractivity contribution is 6.02. The highest BCUT2D eigenvalue weighted by Crippen LogP contribution is 2.49. The molecule has 0 amide bonds. The van der Waals surface area contributed by atoms with E-state index in [9.17, 15) is 14.7 Å². The maximum Gasteiger partial charge on any atom is 0.346 e. The molecule has 5 heteroatoms. The Bertz CT molecular complexity index is 750. The van der Waals surface area contributed by atoms with Gasteiger partial charge in [0.25, 0.3) is 0 Å². The fourth-order valence-electron chi connectivity index (χ4n) is 4.59. The first kappa shape index (κ1) is 15.8. The number of carbonyl (C=O) groups excluding carboxylic acids is 2. The van der Waals surface area contributed by atoms with Crippen LogP contribution < -0.4 is 0 Å². The number of rotatable bonds is 0. The third kappa shape index (κ3) is 1.94. The van der Waals surface area contributed by atoms with E-state index in [0.717, 1.165) is 30.4 Å². The van der Waals surface area contributed by atoms with Crippen LogP contribution in [0.1, 0.15) is 60.7 Å². The van der Waals surface area contributed by atoms with E-state index in [1.807, 2.05) is 13.0 Å². The predicted molar refractivity (Wildman–Crippen MR) is 85.3 cm³/mol. The number of aliphatic hydroxyl groups is 1. The summed E-state index contributed by atoms with van der Waals surface area (Å²) in [5.41, 5.74) is 2.63. The van der Waals surface area contributed by atoms with Crippen LogP contribution in [0.2, 0.25) is 0 Å². The number of hydrogen-bond acceptors (Lipinski definition) is 5. The Morgan fingerprint density at radius 1 is 1.21 bits per heavy atom. The van der Waals surface area contributed by atoms with Crippen molar-refractivity contribution in [1.82, 2.24) is 0 Å². The fraction of sp³-hybridized carbons (Fsp3) is 0.579. The second-order valence-corrected chi connectivity index (χ2v) is 7.92. The van der Waals surface area contributed by atoms with E-state index in [0.29, 0.717) is 11.1 Å². The second kappa shape index (κ2) is 4.90. The normalized spacial score (nSPS) is 34.0. The monoisotopic (exact) mass is 330 g/mol. The number of ether oxygens (including phenoxy) is 2. The van der Waals surface area contributed by atoms with Gasteiger partial charge in [0.1, 0.15) is 5.92 Å². The minimum absolute atomic E-state index is 0.0505. The second-order valence-electron chi connectivity index (χ2n) is 7.92. The third-order valence-electron chi connectivity index (χ3n) is 5.86. The van der Waals surface area contributed by atoms with E-state index in [1.165, 1.54) is 0 Å². The number of hydrogen-bond donors (Lipinski definition) is 1. The average Bonchev–Trinajstić information content (AvgIpc) is 2.77. The van der Waals surface area contributed by atoms with Crippen LogP contribution in [0.25, 0.3) is 0 Å². The lowest BCUT2D eigenvalue weighted by molar-refractivity contribution is -0.209. The first-order valence-electron chi connectivity index (χ1n) is 8.55. The Morgan fingerprint density at radius 3 is 2.67 bits per heavy atom. The van der Waals surface area contributed by atoms with Gasteiger partial charge in [0.2, 0.25) is 5.79 Å². The number of fused-ring (bicyclic) bond motifs is 5. The topological polar surface area (TPSA) is 72.8 Å². The van der Waals surface area contributed by atoms with Crippen molar-refractivity contribution in [2.75, 3.05) is 6.61 Å². The van der Waals surface area contributed by atoms with Crippen molar-refractivity contribution in [2.45, 2.75) is 51.2 Å². The zero-order valence-corrected chi connectivity index (χ0v) is 14.2. The highest BCUT2D eigenvalue weighted by Gasteiger charge is 2.57. The summed E-state index contributed by atoms with van der Waals surface area (Å²) in [6, 6.07) is 3.71. The third-order valence-corrected chi connectivity index (χ3v) is 5.86. The maximum atomic E-state index is 12.7. The Hall–Kier alpha value is -1.72. The molecule has 0 bridgehead atoms. The standard InChI is InChI=1S/C19H22O5/c1-10-9-23-19(22)13-7-6-12-11(5-4-8-18(12,2)3)14(13)16(20)24-17(21)15(10)19/h6-7,10,15,22H,4-5,8-9H2,1-3H3/t10-,15-,19-/m0/s1. The van der Waals surface area contributed by atoms with Crippen molar-refractivity contribution in [1.29, 1.82) is 0 Å². The zero-order valence-electron chi connectivity index (χ0n) is 14.2. The molecule has 2 heterocycles. The molecule has 1 aromatic carbocycles. The molecular weight excluding hydrogens is 308 g/mol. The van der Waals surface area contributed by atoms with Crippen LogP contribution in [0.3, 0.4) is 0 Å². The smallest absolute Gasteiger partial charge is 0.346 e. The molecule has 1 saturated heterocycles. The molecule has 1 aliphatic carbocycles. The van der Waals surface area contributed by atoms with Crippen molar-refractivity contribution in [3.63, 3.8) is 0 Å². The lowest BCUT2D eigenvalue weighted by Gasteiger charge is -2.35. The van der Waals surface area contributed by atoms with Gasteiger partial charge in [0.05, 0.1) is 12.2 Å². The molecule has 24 heavy (non-hydrogen) atoms. The molecule has 3 atom stereocenters. The van der Waals surface area contributed by atoms with Crippen LogP contribution in [0, 0.1) is 11.8 Å². The van der Waals surface area contributed by atoms with Crippen molar-refractivity contribution in [2.24, 2.45) is 11.8 Å². The quantitative estimate of drug-likeness (QED) is 0.584. The molecule has 1 aromatic rings. The predicted octanol–water partition coefficient (Wildman–Crippen LogP) is 2.43. The first-order valence-corrected chi connectivity index (χ1v) is 8.55. The Morgan fingerprint density at radius 2 is 1.92 bits per heavy atom. The van der Waals surface area contributed by atoms with E-state index in [4.69, 9.17) is 9.47 Å². The zero-order chi connectivity index (χ0) is 17.3. The van der Waals surface area contributed by atoms with E-state index < -0.39 is 23.6 Å².